The third-order valence-corrected chi connectivity index (χ3v) is 6.13. The maximum Gasteiger partial charge on any atom is 0.264 e. The second-order valence-electron chi connectivity index (χ2n) is 7.88. The number of halogens is 1. The first kappa shape index (κ1) is 23.9. The van der Waals surface area contributed by atoms with Gasteiger partial charge in [0.2, 0.25) is 5.89 Å². The van der Waals surface area contributed by atoms with Crippen molar-refractivity contribution in [1.82, 2.24) is 10.3 Å². The summed E-state index contributed by atoms with van der Waals surface area (Å²) in [6.07, 6.45) is 1.07. The van der Waals surface area contributed by atoms with Gasteiger partial charge in [-0.2, -0.15) is 0 Å². The fraction of sp³-hybridized carbons (Fsp3) is 0.192. The average Bonchev–Trinajstić information content (AvgIpc) is 3.27. The third kappa shape index (κ3) is 6.01. The number of amides is 1. The number of hydrogen-bond acceptors (Lipinski definition) is 5. The largest absolute Gasteiger partial charge is 0.484 e. The minimum Gasteiger partial charge on any atom is -0.484 e. The average molecular weight is 538 g/mol. The first-order valence-electron chi connectivity index (χ1n) is 10.9. The molecule has 2 N–H and O–H groups in total. The highest BCUT2D eigenvalue weighted by Crippen LogP contribution is 2.29. The van der Waals surface area contributed by atoms with E-state index >= 15 is 0 Å². The summed E-state index contributed by atoms with van der Waals surface area (Å²) in [5.74, 6) is 1.23. The Balaban J connectivity index is 1.38. The zero-order chi connectivity index (χ0) is 24.1. The van der Waals surface area contributed by atoms with Gasteiger partial charge in [-0.15, -0.1) is 0 Å². The first-order chi connectivity index (χ1) is 16.4. The number of thiocarbonyl (C=S) groups is 1. The van der Waals surface area contributed by atoms with Crippen molar-refractivity contribution in [3.8, 4) is 17.2 Å². The Hall–Kier alpha value is -3.23. The lowest BCUT2D eigenvalue weighted by molar-refractivity contribution is -0.121. The van der Waals surface area contributed by atoms with E-state index in [1.54, 1.807) is 12.1 Å². The molecule has 0 aliphatic rings. The van der Waals surface area contributed by atoms with Gasteiger partial charge >= 0.3 is 0 Å². The molecular formula is C26H24BrN3O3S. The van der Waals surface area contributed by atoms with Crippen LogP contribution in [-0.2, 0) is 4.79 Å². The van der Waals surface area contributed by atoms with Gasteiger partial charge in [-0.3, -0.25) is 10.1 Å². The Morgan fingerprint density at radius 2 is 1.94 bits per heavy atom. The van der Waals surface area contributed by atoms with Crippen molar-refractivity contribution in [1.29, 1.82) is 0 Å². The van der Waals surface area contributed by atoms with E-state index in [0.717, 1.165) is 27.6 Å². The molecule has 1 unspecified atom stereocenters. The highest BCUT2D eigenvalue weighted by atomic mass is 79.9. The van der Waals surface area contributed by atoms with Crippen molar-refractivity contribution >= 4 is 56.0 Å². The maximum atomic E-state index is 12.2. The number of anilines is 1. The number of oxazole rings is 1. The smallest absolute Gasteiger partial charge is 0.264 e. The fourth-order valence-corrected chi connectivity index (χ4v) is 3.84. The summed E-state index contributed by atoms with van der Waals surface area (Å²) in [6, 6.07) is 20.9. The summed E-state index contributed by atoms with van der Waals surface area (Å²) in [7, 11) is 0. The third-order valence-electron chi connectivity index (χ3n) is 5.40. The quantitative estimate of drug-likeness (QED) is 0.256. The monoisotopic (exact) mass is 537 g/mol. The number of nitrogens with zero attached hydrogens (tertiary/aromatic N) is 1. The van der Waals surface area contributed by atoms with Crippen molar-refractivity contribution in [3.05, 3.63) is 76.8 Å². The highest BCUT2D eigenvalue weighted by Gasteiger charge is 2.12. The van der Waals surface area contributed by atoms with Gasteiger partial charge in [0, 0.05) is 15.7 Å². The zero-order valence-corrected chi connectivity index (χ0v) is 21.2. The van der Waals surface area contributed by atoms with E-state index < -0.39 is 0 Å². The van der Waals surface area contributed by atoms with Gasteiger partial charge in [-0.25, -0.2) is 4.98 Å². The molecule has 6 nitrogen and oxygen atoms in total. The fourth-order valence-electron chi connectivity index (χ4n) is 3.34. The molecule has 0 aliphatic carbocycles. The van der Waals surface area contributed by atoms with Crippen LogP contribution in [0, 0.1) is 0 Å². The van der Waals surface area contributed by atoms with Crippen molar-refractivity contribution in [2.75, 3.05) is 11.9 Å². The van der Waals surface area contributed by atoms with Crippen LogP contribution in [0.5, 0.6) is 5.75 Å². The van der Waals surface area contributed by atoms with E-state index in [-0.39, 0.29) is 17.6 Å². The SMILES string of the molecule is CCC(C)c1ccc2oc(-c3cccc(NC(=S)NC(=O)COc4ccc(Br)cc4)c3)nc2c1. The molecule has 1 aromatic heterocycles. The van der Waals surface area contributed by atoms with Gasteiger partial charge in [0.15, 0.2) is 17.3 Å². The first-order valence-corrected chi connectivity index (χ1v) is 12.1. The predicted octanol–water partition coefficient (Wildman–Crippen LogP) is 6.66. The molecule has 0 radical (unpaired) electrons. The Labute approximate surface area is 211 Å². The van der Waals surface area contributed by atoms with E-state index in [4.69, 9.17) is 21.4 Å². The van der Waals surface area contributed by atoms with Crippen molar-refractivity contribution in [2.24, 2.45) is 0 Å². The molecule has 34 heavy (non-hydrogen) atoms. The van der Waals surface area contributed by atoms with Crippen LogP contribution >= 0.6 is 28.1 Å². The van der Waals surface area contributed by atoms with E-state index in [0.29, 0.717) is 23.2 Å². The van der Waals surface area contributed by atoms with E-state index in [2.05, 4.69) is 57.5 Å². The van der Waals surface area contributed by atoms with E-state index in [1.807, 2.05) is 42.5 Å². The van der Waals surface area contributed by atoms with Crippen LogP contribution in [0.4, 0.5) is 5.69 Å². The molecule has 0 spiro atoms. The molecule has 1 atom stereocenters. The number of benzene rings is 3. The molecule has 8 heteroatoms. The van der Waals surface area contributed by atoms with Crippen molar-refractivity contribution in [3.63, 3.8) is 0 Å². The van der Waals surface area contributed by atoms with Crippen LogP contribution in [-0.4, -0.2) is 22.6 Å². The molecular weight excluding hydrogens is 514 g/mol. The number of fused-ring (bicyclic) bond motifs is 1. The molecule has 4 aromatic rings. The Morgan fingerprint density at radius 3 is 2.71 bits per heavy atom. The summed E-state index contributed by atoms with van der Waals surface area (Å²) in [5.41, 5.74) is 4.34. The topological polar surface area (TPSA) is 76.4 Å². The van der Waals surface area contributed by atoms with Gasteiger partial charge in [0.25, 0.3) is 5.91 Å². The Morgan fingerprint density at radius 1 is 1.15 bits per heavy atom. The molecule has 1 heterocycles. The molecule has 0 fully saturated rings. The van der Waals surface area contributed by atoms with Crippen LogP contribution in [0.15, 0.2) is 75.6 Å². The minimum absolute atomic E-state index is 0.148. The molecule has 0 saturated heterocycles. The summed E-state index contributed by atoms with van der Waals surface area (Å²) < 4.78 is 12.4. The van der Waals surface area contributed by atoms with Gasteiger partial charge < -0.3 is 14.5 Å². The predicted molar refractivity (Wildman–Crippen MR) is 142 cm³/mol. The Kier molecular flexibility index (Phi) is 7.59. The second-order valence-corrected chi connectivity index (χ2v) is 9.21. The van der Waals surface area contributed by atoms with Crippen LogP contribution in [0.25, 0.3) is 22.6 Å². The lowest BCUT2D eigenvalue weighted by Crippen LogP contribution is -2.37. The summed E-state index contributed by atoms with van der Waals surface area (Å²) >= 11 is 8.64. The van der Waals surface area contributed by atoms with E-state index in [9.17, 15) is 4.79 Å². The van der Waals surface area contributed by atoms with E-state index in [1.165, 1.54) is 5.56 Å². The summed E-state index contributed by atoms with van der Waals surface area (Å²) in [5, 5.41) is 5.82. The summed E-state index contributed by atoms with van der Waals surface area (Å²) in [6.45, 7) is 4.22. The second kappa shape index (κ2) is 10.8. The summed E-state index contributed by atoms with van der Waals surface area (Å²) in [4.78, 5) is 16.8. The molecule has 0 bridgehead atoms. The Bertz CT molecular complexity index is 1320. The van der Waals surface area contributed by atoms with Crippen molar-refractivity contribution in [2.45, 2.75) is 26.2 Å². The minimum atomic E-state index is -0.354. The maximum absolute atomic E-state index is 12.2. The highest BCUT2D eigenvalue weighted by molar-refractivity contribution is 9.10. The van der Waals surface area contributed by atoms with Crippen LogP contribution in [0.3, 0.4) is 0 Å². The van der Waals surface area contributed by atoms with Crippen LogP contribution in [0.2, 0.25) is 0 Å². The molecule has 3 aromatic carbocycles. The van der Waals surface area contributed by atoms with Gasteiger partial charge in [-0.05, 0) is 84.7 Å². The molecule has 1 amide bonds. The molecule has 174 valence electrons. The van der Waals surface area contributed by atoms with Gasteiger partial charge in [-0.1, -0.05) is 41.9 Å². The lowest BCUT2D eigenvalue weighted by Gasteiger charge is -2.11. The van der Waals surface area contributed by atoms with Crippen LogP contribution in [0.1, 0.15) is 31.7 Å². The number of nitrogens with one attached hydrogen (secondary N) is 2. The van der Waals surface area contributed by atoms with Crippen molar-refractivity contribution < 1.29 is 13.9 Å². The number of hydrogen-bond donors (Lipinski definition) is 2. The zero-order valence-electron chi connectivity index (χ0n) is 18.8. The molecule has 0 aliphatic heterocycles. The van der Waals surface area contributed by atoms with Gasteiger partial charge in [0.05, 0.1) is 0 Å². The molecule has 0 saturated carbocycles. The number of carbonyl (C=O) groups is 1. The number of carbonyl (C=O) groups excluding carboxylic acids is 1. The molecule has 4 rings (SSSR count). The van der Waals surface area contributed by atoms with Gasteiger partial charge in [0.1, 0.15) is 11.3 Å². The number of aromatic nitrogens is 1. The normalized spacial score (nSPS) is 11.7. The lowest BCUT2D eigenvalue weighted by atomic mass is 9.98. The number of ether oxygens (including phenoxy) is 1. The van der Waals surface area contributed by atoms with Crippen LogP contribution < -0.4 is 15.4 Å². The standard InChI is InChI=1S/C26H24BrN3O3S/c1-3-16(2)17-7-12-23-22(14-17)29-25(33-23)18-5-4-6-20(13-18)28-26(34)30-24(31)15-32-21-10-8-19(27)9-11-21/h4-14,16H,3,15H2,1-2H3,(H2,28,30,31,34). The number of rotatable bonds is 7.